The summed E-state index contributed by atoms with van der Waals surface area (Å²) in [6, 6.07) is 0. The van der Waals surface area contributed by atoms with Gasteiger partial charge in [-0.05, 0) is 26.2 Å². The number of carbonyl (C=O) groups excluding carboxylic acids is 2. The van der Waals surface area contributed by atoms with Crippen LogP contribution in [0.25, 0.3) is 0 Å². The van der Waals surface area contributed by atoms with Crippen molar-refractivity contribution in [2.75, 3.05) is 0 Å². The lowest BCUT2D eigenvalue weighted by atomic mass is 9.97. The van der Waals surface area contributed by atoms with E-state index in [2.05, 4.69) is 0 Å². The molecule has 0 amide bonds. The van der Waals surface area contributed by atoms with Gasteiger partial charge in [0.25, 0.3) is 0 Å². The van der Waals surface area contributed by atoms with Crippen molar-refractivity contribution in [1.29, 1.82) is 0 Å². The molecular weight excluding hydrogens is 192 g/mol. The minimum atomic E-state index is -0.471. The quantitative estimate of drug-likeness (QED) is 0.661. The smallest absolute Gasteiger partial charge is 0.228 e. The molecule has 0 aliphatic heterocycles. The molecule has 3 nitrogen and oxygen atoms in total. The monoisotopic (exact) mass is 209 g/mol. The van der Waals surface area contributed by atoms with Gasteiger partial charge in [-0.25, -0.2) is 0 Å². The SMILES string of the molecule is CC(C)(C)O[C]1C(=O)C2C(C1=O)C2(C)C. The zero-order chi connectivity index (χ0) is 11.6. The van der Waals surface area contributed by atoms with E-state index in [1.54, 1.807) is 0 Å². The molecule has 15 heavy (non-hydrogen) atoms. The average molecular weight is 209 g/mol. The van der Waals surface area contributed by atoms with Crippen LogP contribution in [0.15, 0.2) is 0 Å². The Labute approximate surface area is 90.2 Å². The molecule has 0 aromatic heterocycles. The fourth-order valence-corrected chi connectivity index (χ4v) is 2.43. The predicted octanol–water partition coefficient (Wildman–Crippen LogP) is 1.76. The van der Waals surface area contributed by atoms with Crippen molar-refractivity contribution < 1.29 is 14.3 Å². The standard InChI is InChI=1S/C12H17O3/c1-11(2,3)15-10-8(13)6-7(9(10)14)12(6,4)5/h6-7H,1-5H3. The van der Waals surface area contributed by atoms with Gasteiger partial charge in [0, 0.05) is 11.8 Å². The van der Waals surface area contributed by atoms with Gasteiger partial charge in [0.05, 0.1) is 5.60 Å². The van der Waals surface area contributed by atoms with E-state index >= 15 is 0 Å². The summed E-state index contributed by atoms with van der Waals surface area (Å²) in [7, 11) is 0. The molecule has 83 valence electrons. The lowest BCUT2D eigenvalue weighted by Crippen LogP contribution is -2.32. The third-order valence-electron chi connectivity index (χ3n) is 3.25. The van der Waals surface area contributed by atoms with Crippen LogP contribution in [-0.2, 0) is 14.3 Å². The minimum Gasteiger partial charge on any atom is -0.350 e. The van der Waals surface area contributed by atoms with E-state index in [4.69, 9.17) is 4.74 Å². The summed E-state index contributed by atoms with van der Waals surface area (Å²) in [4.78, 5) is 23.7. The topological polar surface area (TPSA) is 43.4 Å². The second-order valence-corrected chi connectivity index (χ2v) is 6.05. The molecule has 3 heteroatoms. The largest absolute Gasteiger partial charge is 0.350 e. The third-order valence-corrected chi connectivity index (χ3v) is 3.25. The molecule has 2 aliphatic rings. The van der Waals surface area contributed by atoms with E-state index in [9.17, 15) is 9.59 Å². The van der Waals surface area contributed by atoms with Crippen LogP contribution < -0.4 is 0 Å². The Kier molecular flexibility index (Phi) is 1.94. The fourth-order valence-electron chi connectivity index (χ4n) is 2.43. The lowest BCUT2D eigenvalue weighted by molar-refractivity contribution is -0.136. The molecule has 2 fully saturated rings. The molecule has 0 N–H and O–H groups in total. The summed E-state index contributed by atoms with van der Waals surface area (Å²) in [5, 5.41) is 0. The van der Waals surface area contributed by atoms with E-state index in [0.717, 1.165) is 0 Å². The number of hydrogen-bond acceptors (Lipinski definition) is 3. The highest BCUT2D eigenvalue weighted by Crippen LogP contribution is 2.65. The fraction of sp³-hybridized carbons (Fsp3) is 0.750. The highest BCUT2D eigenvalue weighted by molar-refractivity contribution is 6.26. The van der Waals surface area contributed by atoms with E-state index < -0.39 is 5.60 Å². The molecular formula is C12H17O3. The first-order valence-corrected chi connectivity index (χ1v) is 5.30. The van der Waals surface area contributed by atoms with Gasteiger partial charge in [0.15, 0.2) is 11.6 Å². The Hall–Kier alpha value is -0.700. The van der Waals surface area contributed by atoms with Crippen molar-refractivity contribution in [3.8, 4) is 0 Å². The number of rotatable bonds is 1. The van der Waals surface area contributed by atoms with Gasteiger partial charge in [-0.3, -0.25) is 9.59 Å². The molecule has 0 aromatic rings. The molecule has 2 unspecified atom stereocenters. The Bertz CT molecular complexity index is 311. The minimum absolute atomic E-state index is 0.0804. The molecule has 2 rings (SSSR count). The Morgan fingerprint density at radius 2 is 1.47 bits per heavy atom. The van der Waals surface area contributed by atoms with Crippen LogP contribution in [-0.4, -0.2) is 17.2 Å². The zero-order valence-electron chi connectivity index (χ0n) is 9.88. The van der Waals surface area contributed by atoms with Crippen molar-refractivity contribution in [3.63, 3.8) is 0 Å². The lowest BCUT2D eigenvalue weighted by Gasteiger charge is -2.24. The van der Waals surface area contributed by atoms with Crippen LogP contribution in [0.3, 0.4) is 0 Å². The van der Waals surface area contributed by atoms with Crippen molar-refractivity contribution in [2.45, 2.75) is 40.2 Å². The Morgan fingerprint density at radius 1 is 1.07 bits per heavy atom. The van der Waals surface area contributed by atoms with Gasteiger partial charge in [0.2, 0.25) is 6.10 Å². The maximum atomic E-state index is 11.9. The second-order valence-electron chi connectivity index (χ2n) is 6.05. The molecule has 0 heterocycles. The first-order chi connectivity index (χ1) is 6.66. The molecule has 2 atom stereocenters. The van der Waals surface area contributed by atoms with E-state index in [1.807, 2.05) is 34.6 Å². The van der Waals surface area contributed by atoms with Crippen molar-refractivity contribution in [1.82, 2.24) is 0 Å². The molecule has 0 saturated heterocycles. The van der Waals surface area contributed by atoms with Gasteiger partial charge < -0.3 is 4.74 Å². The van der Waals surface area contributed by atoms with Gasteiger partial charge in [-0.15, -0.1) is 0 Å². The zero-order valence-corrected chi connectivity index (χ0v) is 9.88. The molecule has 0 spiro atoms. The van der Waals surface area contributed by atoms with Crippen LogP contribution in [0.2, 0.25) is 0 Å². The van der Waals surface area contributed by atoms with E-state index in [1.165, 1.54) is 0 Å². The van der Waals surface area contributed by atoms with Crippen LogP contribution in [0.1, 0.15) is 34.6 Å². The molecule has 2 aliphatic carbocycles. The van der Waals surface area contributed by atoms with Gasteiger partial charge >= 0.3 is 0 Å². The highest BCUT2D eigenvalue weighted by Gasteiger charge is 2.73. The molecule has 0 aromatic carbocycles. The van der Waals surface area contributed by atoms with Crippen LogP contribution in [0.5, 0.6) is 0 Å². The first kappa shape index (κ1) is 10.8. The van der Waals surface area contributed by atoms with Crippen molar-refractivity contribution in [2.24, 2.45) is 17.3 Å². The number of ether oxygens (including phenoxy) is 1. The number of hydrogen-bond donors (Lipinski definition) is 0. The summed E-state index contributed by atoms with van der Waals surface area (Å²) in [6.07, 6.45) is 0.0804. The Morgan fingerprint density at radius 3 is 1.80 bits per heavy atom. The second kappa shape index (κ2) is 2.70. The predicted molar refractivity (Wildman–Crippen MR) is 54.9 cm³/mol. The van der Waals surface area contributed by atoms with E-state index in [-0.39, 0.29) is 34.9 Å². The first-order valence-electron chi connectivity index (χ1n) is 5.30. The normalized spacial score (nSPS) is 34.5. The maximum Gasteiger partial charge on any atom is 0.228 e. The molecule has 2 saturated carbocycles. The summed E-state index contributed by atoms with van der Waals surface area (Å²) >= 11 is 0. The summed E-state index contributed by atoms with van der Waals surface area (Å²) in [6.45, 7) is 9.46. The van der Waals surface area contributed by atoms with Crippen LogP contribution in [0, 0.1) is 23.4 Å². The number of carbonyl (C=O) groups is 2. The van der Waals surface area contributed by atoms with Crippen molar-refractivity contribution in [3.05, 3.63) is 6.10 Å². The summed E-state index contributed by atoms with van der Waals surface area (Å²) in [5.74, 6) is -0.431. The highest BCUT2D eigenvalue weighted by atomic mass is 16.5. The summed E-state index contributed by atoms with van der Waals surface area (Å²) < 4.78 is 5.43. The number of ketones is 2. The van der Waals surface area contributed by atoms with Gasteiger partial charge in [0.1, 0.15) is 0 Å². The average Bonchev–Trinajstić information content (AvgIpc) is 2.50. The number of fused-ring (bicyclic) bond motifs is 1. The van der Waals surface area contributed by atoms with E-state index in [0.29, 0.717) is 0 Å². The maximum absolute atomic E-state index is 11.9. The summed E-state index contributed by atoms with van der Waals surface area (Å²) in [5.41, 5.74) is -0.611. The van der Waals surface area contributed by atoms with Crippen LogP contribution >= 0.6 is 0 Å². The van der Waals surface area contributed by atoms with Gasteiger partial charge in [-0.1, -0.05) is 13.8 Å². The van der Waals surface area contributed by atoms with Crippen LogP contribution in [0.4, 0.5) is 0 Å². The molecule has 0 bridgehead atoms. The molecule has 1 radical (unpaired) electrons. The van der Waals surface area contributed by atoms with Gasteiger partial charge in [-0.2, -0.15) is 0 Å². The Balaban J connectivity index is 2.15. The number of Topliss-reactive ketones (excluding diaryl/α,β-unsaturated/α-hetero) is 2. The van der Waals surface area contributed by atoms with Crippen molar-refractivity contribution >= 4 is 11.6 Å². The third kappa shape index (κ3) is 1.44.